The molecule has 3 heterocycles. The van der Waals surface area contributed by atoms with Crippen molar-refractivity contribution in [2.24, 2.45) is 5.73 Å². The Hall–Kier alpha value is -3.21. The minimum atomic E-state index is -0.908. The maximum Gasteiger partial charge on any atom is 0.235 e. The predicted molar refractivity (Wildman–Crippen MR) is 121 cm³/mol. The first-order valence-electron chi connectivity index (χ1n) is 10.2. The number of aromatic nitrogens is 2. The molecule has 3 rings (SSSR count). The van der Waals surface area contributed by atoms with E-state index in [4.69, 9.17) is 17.3 Å². The average Bonchev–Trinajstić information content (AvgIpc) is 3.01. The van der Waals surface area contributed by atoms with Crippen LogP contribution in [-0.4, -0.2) is 54.0 Å². The molecular weight excluding hydrogens is 429 g/mol. The highest BCUT2D eigenvalue weighted by atomic mass is 32.2. The Bertz CT molecular complexity index is 1080. The maximum absolute atomic E-state index is 13.3. The Kier molecular flexibility index (Phi) is 7.62. The van der Waals surface area contributed by atoms with Gasteiger partial charge in [0.15, 0.2) is 0 Å². The van der Waals surface area contributed by atoms with Crippen LogP contribution in [0, 0.1) is 23.9 Å². The van der Waals surface area contributed by atoms with E-state index in [0.29, 0.717) is 40.6 Å². The Morgan fingerprint density at radius 3 is 2.78 bits per heavy atom. The molecule has 0 saturated carbocycles. The van der Waals surface area contributed by atoms with Gasteiger partial charge >= 0.3 is 0 Å². The number of hydrogen-bond acceptors (Lipinski definition) is 7. The molecular formula is C22H24FN7OS. The van der Waals surface area contributed by atoms with E-state index in [0.717, 1.165) is 43.9 Å². The van der Waals surface area contributed by atoms with Gasteiger partial charge in [-0.25, -0.2) is 14.8 Å². The van der Waals surface area contributed by atoms with Crippen LogP contribution in [0.1, 0.15) is 35.3 Å². The summed E-state index contributed by atoms with van der Waals surface area (Å²) in [6, 6.07) is 4.76. The molecule has 0 spiro atoms. The van der Waals surface area contributed by atoms with Crippen LogP contribution in [0.25, 0.3) is 4.85 Å². The van der Waals surface area contributed by atoms with Crippen molar-refractivity contribution >= 4 is 29.2 Å². The number of carbonyl (C=O) groups is 1. The van der Waals surface area contributed by atoms with E-state index in [1.807, 2.05) is 6.92 Å². The third-order valence-corrected chi connectivity index (χ3v) is 6.62. The van der Waals surface area contributed by atoms with Gasteiger partial charge in [0.1, 0.15) is 22.2 Å². The van der Waals surface area contributed by atoms with E-state index in [1.165, 1.54) is 12.3 Å². The smallest absolute Gasteiger partial charge is 0.235 e. The molecule has 0 aromatic carbocycles. The maximum atomic E-state index is 13.3. The van der Waals surface area contributed by atoms with Gasteiger partial charge in [0.25, 0.3) is 0 Å². The zero-order valence-corrected chi connectivity index (χ0v) is 18.8. The molecule has 1 saturated heterocycles. The highest BCUT2D eigenvalue weighted by Crippen LogP contribution is 2.42. The van der Waals surface area contributed by atoms with Gasteiger partial charge in [-0.05, 0) is 43.6 Å². The molecule has 2 aromatic rings. The van der Waals surface area contributed by atoms with Crippen molar-refractivity contribution in [1.82, 2.24) is 14.9 Å². The lowest BCUT2D eigenvalue weighted by Gasteiger charge is -2.26. The van der Waals surface area contributed by atoms with Crippen molar-refractivity contribution in [3.05, 3.63) is 52.4 Å². The fourth-order valence-electron chi connectivity index (χ4n) is 3.67. The first-order valence-corrected chi connectivity index (χ1v) is 11.1. The molecule has 32 heavy (non-hydrogen) atoms. The van der Waals surface area contributed by atoms with Crippen LogP contribution in [0.5, 0.6) is 0 Å². The van der Waals surface area contributed by atoms with Gasteiger partial charge in [-0.1, -0.05) is 24.8 Å². The van der Waals surface area contributed by atoms with E-state index in [2.05, 4.69) is 32.7 Å². The summed E-state index contributed by atoms with van der Waals surface area (Å²) in [6.45, 7) is 12.9. The lowest BCUT2D eigenvalue weighted by Crippen LogP contribution is -2.30. The number of nitriles is 1. The summed E-state index contributed by atoms with van der Waals surface area (Å²) in [7, 11) is 2.05. The molecule has 1 fully saturated rings. The molecule has 10 heteroatoms. The SMILES string of the molecule is [C-]#[N+]c1c(N2CCCN(C)CC2)nc(SC(C(N)=O)c2ccc(F)nc2)c(C#N)c1CC. The fourth-order valence-corrected chi connectivity index (χ4v) is 4.71. The topological polar surface area (TPSA) is 104 Å². The Morgan fingerprint density at radius 2 is 2.19 bits per heavy atom. The van der Waals surface area contributed by atoms with Gasteiger partial charge in [-0.3, -0.25) is 4.79 Å². The third kappa shape index (κ3) is 4.98. The van der Waals surface area contributed by atoms with Gasteiger partial charge in [0, 0.05) is 25.8 Å². The number of thioether (sulfide) groups is 1. The summed E-state index contributed by atoms with van der Waals surface area (Å²) < 4.78 is 13.3. The molecule has 1 amide bonds. The van der Waals surface area contributed by atoms with Crippen LogP contribution in [0.15, 0.2) is 23.4 Å². The lowest BCUT2D eigenvalue weighted by atomic mass is 10.1. The summed E-state index contributed by atoms with van der Waals surface area (Å²) in [5.74, 6) is -0.797. The molecule has 1 aliphatic heterocycles. The highest BCUT2D eigenvalue weighted by molar-refractivity contribution is 8.00. The van der Waals surface area contributed by atoms with E-state index in [1.54, 1.807) is 0 Å². The van der Waals surface area contributed by atoms with Crippen LogP contribution in [0.3, 0.4) is 0 Å². The zero-order valence-electron chi connectivity index (χ0n) is 18.0. The van der Waals surface area contributed by atoms with E-state index < -0.39 is 17.1 Å². The molecule has 0 bridgehead atoms. The average molecular weight is 454 g/mol. The number of carbonyl (C=O) groups excluding carboxylic acids is 1. The second-order valence-electron chi connectivity index (χ2n) is 7.48. The van der Waals surface area contributed by atoms with E-state index in [-0.39, 0.29) is 5.56 Å². The molecule has 0 aliphatic carbocycles. The van der Waals surface area contributed by atoms with Crippen molar-refractivity contribution in [3.8, 4) is 6.07 Å². The molecule has 166 valence electrons. The Labute approximate surface area is 191 Å². The summed E-state index contributed by atoms with van der Waals surface area (Å²) in [6.07, 6.45) is 2.64. The van der Waals surface area contributed by atoms with Gasteiger partial charge in [-0.2, -0.15) is 9.65 Å². The lowest BCUT2D eigenvalue weighted by molar-refractivity contribution is -0.117. The number of amides is 1. The molecule has 2 aromatic heterocycles. The van der Waals surface area contributed by atoms with E-state index in [9.17, 15) is 14.4 Å². The largest absolute Gasteiger partial charge is 0.368 e. The predicted octanol–water partition coefficient (Wildman–Crippen LogP) is 3.06. The molecule has 1 atom stereocenters. The third-order valence-electron chi connectivity index (χ3n) is 5.36. The molecule has 8 nitrogen and oxygen atoms in total. The summed E-state index contributed by atoms with van der Waals surface area (Å²) in [5, 5.41) is 9.31. The second-order valence-corrected chi connectivity index (χ2v) is 8.57. The minimum Gasteiger partial charge on any atom is -0.368 e. The number of likely N-dealkylation sites (N-methyl/N-ethyl adjacent to an activating group) is 1. The molecule has 0 radical (unpaired) electrons. The highest BCUT2D eigenvalue weighted by Gasteiger charge is 2.28. The zero-order chi connectivity index (χ0) is 23.3. The second kappa shape index (κ2) is 10.4. The number of nitrogens with two attached hydrogens (primary N) is 1. The number of halogens is 1. The van der Waals surface area contributed by atoms with Crippen LogP contribution in [0.4, 0.5) is 15.9 Å². The number of anilines is 1. The van der Waals surface area contributed by atoms with Crippen LogP contribution in [0.2, 0.25) is 0 Å². The number of hydrogen-bond donors (Lipinski definition) is 1. The first kappa shape index (κ1) is 23.5. The van der Waals surface area contributed by atoms with Crippen molar-refractivity contribution in [3.63, 3.8) is 0 Å². The Morgan fingerprint density at radius 1 is 1.41 bits per heavy atom. The monoisotopic (exact) mass is 453 g/mol. The van der Waals surface area contributed by atoms with Gasteiger partial charge in [0.2, 0.25) is 17.5 Å². The standard InChI is InChI=1S/C22H24FN7OS/c1-4-15-16(12-24)22(32-19(20(25)31)14-6-7-17(23)27-13-14)28-21(18(15)26-2)30-9-5-8-29(3)10-11-30/h6-7,13,19H,4-5,8-11H2,1,3H3,(H2,25,31). The van der Waals surface area contributed by atoms with Crippen LogP contribution in [-0.2, 0) is 11.2 Å². The normalized spacial score (nSPS) is 15.5. The van der Waals surface area contributed by atoms with E-state index >= 15 is 0 Å². The van der Waals surface area contributed by atoms with Crippen molar-refractivity contribution in [1.29, 1.82) is 5.26 Å². The molecule has 1 aliphatic rings. The van der Waals surface area contributed by atoms with Gasteiger partial charge < -0.3 is 15.5 Å². The summed E-state index contributed by atoms with van der Waals surface area (Å²) >= 11 is 1.03. The minimum absolute atomic E-state index is 0.264. The number of nitrogens with zero attached hydrogens (tertiary/aromatic N) is 6. The number of rotatable bonds is 6. The first-order chi connectivity index (χ1) is 15.4. The van der Waals surface area contributed by atoms with Crippen molar-refractivity contribution in [2.75, 3.05) is 38.1 Å². The van der Waals surface area contributed by atoms with Gasteiger partial charge in [0.05, 0.1) is 12.1 Å². The van der Waals surface area contributed by atoms with Crippen molar-refractivity contribution in [2.45, 2.75) is 30.0 Å². The quantitative estimate of drug-likeness (QED) is 0.407. The van der Waals surface area contributed by atoms with Gasteiger partial charge in [-0.15, -0.1) is 0 Å². The summed E-state index contributed by atoms with van der Waals surface area (Å²) in [5.41, 5.74) is 7.29. The fraction of sp³-hybridized carbons (Fsp3) is 0.409. The Balaban J connectivity index is 2.11. The molecule has 2 N–H and O–H groups in total. The van der Waals surface area contributed by atoms with Crippen molar-refractivity contribution < 1.29 is 9.18 Å². The molecule has 1 unspecified atom stereocenters. The summed E-state index contributed by atoms with van der Waals surface area (Å²) in [4.78, 5) is 28.6. The number of pyridine rings is 2. The van der Waals surface area contributed by atoms with Crippen LogP contribution < -0.4 is 10.6 Å². The number of primary amides is 1. The van der Waals surface area contributed by atoms with Crippen LogP contribution >= 0.6 is 11.8 Å².